The lowest BCUT2D eigenvalue weighted by Gasteiger charge is -2.06. The molecule has 25 heavy (non-hydrogen) atoms. The molecule has 0 fully saturated rings. The molecule has 3 aromatic carbocycles. The van der Waals surface area contributed by atoms with E-state index in [2.05, 4.69) is 24.3 Å². The lowest BCUT2D eigenvalue weighted by atomic mass is 10.0. The predicted molar refractivity (Wildman–Crippen MR) is 96.4 cm³/mol. The third-order valence-electron chi connectivity index (χ3n) is 4.70. The van der Waals surface area contributed by atoms with Gasteiger partial charge in [-0.15, -0.1) is 0 Å². The van der Waals surface area contributed by atoms with Crippen molar-refractivity contribution in [2.24, 2.45) is 0 Å². The maximum Gasteiger partial charge on any atom is 0.632 e. The molecule has 0 aliphatic carbocycles. The molecule has 0 saturated carbocycles. The average molecular weight is 332 g/mol. The Morgan fingerprint density at radius 2 is 1.44 bits per heavy atom. The Morgan fingerprint density at radius 3 is 2.24 bits per heavy atom. The van der Waals surface area contributed by atoms with Crippen LogP contribution >= 0.6 is 0 Å². The van der Waals surface area contributed by atoms with Crippen LogP contribution in [0.1, 0.15) is 12.5 Å². The van der Waals surface area contributed by atoms with Crippen molar-refractivity contribution < 1.29 is 19.3 Å². The monoisotopic (exact) mass is 332 g/mol. The van der Waals surface area contributed by atoms with Crippen LogP contribution in [0.3, 0.4) is 0 Å². The molecule has 0 unspecified atom stereocenters. The van der Waals surface area contributed by atoms with Crippen LogP contribution in [0.25, 0.3) is 21.7 Å². The van der Waals surface area contributed by atoms with Crippen molar-refractivity contribution in [2.45, 2.75) is 20.0 Å². The largest absolute Gasteiger partial charge is 0.632 e. The maximum absolute atomic E-state index is 10.8. The normalized spacial score (nSPS) is 11.2. The zero-order valence-electron chi connectivity index (χ0n) is 14.1. The maximum atomic E-state index is 10.8. The van der Waals surface area contributed by atoms with Gasteiger partial charge in [0.2, 0.25) is 5.52 Å². The van der Waals surface area contributed by atoms with E-state index in [9.17, 15) is 10.2 Å². The molecule has 4 heteroatoms. The van der Waals surface area contributed by atoms with Crippen LogP contribution in [0.5, 0.6) is 11.9 Å². The summed E-state index contributed by atoms with van der Waals surface area (Å²) >= 11 is 0. The first-order chi connectivity index (χ1) is 12.2. The smallest absolute Gasteiger partial charge is 0.459 e. The molecule has 4 rings (SSSR count). The van der Waals surface area contributed by atoms with Crippen molar-refractivity contribution in [3.63, 3.8) is 0 Å². The molecule has 0 spiro atoms. The summed E-state index contributed by atoms with van der Waals surface area (Å²) in [6.45, 7) is 2.91. The molecule has 1 heterocycles. The molecule has 124 valence electrons. The SMILES string of the molecule is CC[n+]1c(O)c2ccccc2[n+](Cc2cccc3ccccc23)c1O. The number of hydrogen-bond donors (Lipinski definition) is 2. The summed E-state index contributed by atoms with van der Waals surface area (Å²) in [6, 6.07) is 22.1. The van der Waals surface area contributed by atoms with E-state index in [1.54, 1.807) is 0 Å². The fraction of sp³-hybridized carbons (Fsp3) is 0.143. The molecule has 0 atom stereocenters. The molecule has 0 bridgehead atoms. The summed E-state index contributed by atoms with van der Waals surface area (Å²) < 4.78 is 3.37. The van der Waals surface area contributed by atoms with Gasteiger partial charge in [0.1, 0.15) is 0 Å². The van der Waals surface area contributed by atoms with Gasteiger partial charge in [0, 0.05) is 11.6 Å². The highest BCUT2D eigenvalue weighted by Gasteiger charge is 2.32. The standard InChI is InChI=1S/C21H18N2O2/c1-2-22-20(24)18-12-5-6-13-19(18)23(21(22)25)14-16-10-7-9-15-8-3-4-11-17(15)16/h3-13H,2,14H2,1H3/p+2. The van der Waals surface area contributed by atoms with Crippen LogP contribution < -0.4 is 9.13 Å². The molecule has 0 radical (unpaired) electrons. The molecular formula is C21H20N2O2+2. The van der Waals surface area contributed by atoms with Crippen LogP contribution in [0.4, 0.5) is 0 Å². The summed E-state index contributed by atoms with van der Waals surface area (Å²) in [7, 11) is 0. The summed E-state index contributed by atoms with van der Waals surface area (Å²) in [5.41, 5.74) is 1.92. The summed E-state index contributed by atoms with van der Waals surface area (Å²) in [5, 5.41) is 24.3. The van der Waals surface area contributed by atoms with Gasteiger partial charge in [0.05, 0.1) is 0 Å². The Kier molecular flexibility index (Phi) is 3.73. The van der Waals surface area contributed by atoms with Gasteiger partial charge in [-0.25, -0.2) is 0 Å². The van der Waals surface area contributed by atoms with Crippen LogP contribution in [0.2, 0.25) is 0 Å². The Morgan fingerprint density at radius 1 is 0.760 bits per heavy atom. The summed E-state index contributed by atoms with van der Waals surface area (Å²) in [4.78, 5) is 0. The number of fused-ring (bicyclic) bond motifs is 2. The van der Waals surface area contributed by atoms with E-state index in [0.717, 1.165) is 21.9 Å². The average Bonchev–Trinajstić information content (AvgIpc) is 2.66. The molecule has 0 amide bonds. The van der Waals surface area contributed by atoms with Crippen molar-refractivity contribution in [1.29, 1.82) is 0 Å². The quantitative estimate of drug-likeness (QED) is 0.567. The molecule has 4 nitrogen and oxygen atoms in total. The third kappa shape index (κ3) is 2.47. The zero-order chi connectivity index (χ0) is 17.4. The third-order valence-corrected chi connectivity index (χ3v) is 4.70. The van der Waals surface area contributed by atoms with Gasteiger partial charge in [0.15, 0.2) is 18.5 Å². The van der Waals surface area contributed by atoms with Gasteiger partial charge < -0.3 is 10.2 Å². The molecule has 0 saturated heterocycles. The van der Waals surface area contributed by atoms with E-state index in [-0.39, 0.29) is 11.9 Å². The first kappa shape index (κ1) is 15.4. The van der Waals surface area contributed by atoms with E-state index in [0.29, 0.717) is 13.1 Å². The van der Waals surface area contributed by atoms with Gasteiger partial charge in [-0.2, -0.15) is 0 Å². The summed E-state index contributed by atoms with van der Waals surface area (Å²) in [5.74, 6) is 0.0877. The topological polar surface area (TPSA) is 48.2 Å². The van der Waals surface area contributed by atoms with E-state index < -0.39 is 0 Å². The number of nitrogens with zero attached hydrogens (tertiary/aromatic N) is 2. The van der Waals surface area contributed by atoms with Crippen molar-refractivity contribution >= 4 is 21.7 Å². The van der Waals surface area contributed by atoms with Crippen LogP contribution in [-0.4, -0.2) is 10.2 Å². The lowest BCUT2D eigenvalue weighted by molar-refractivity contribution is -0.816. The Labute approximate surface area is 145 Å². The minimum absolute atomic E-state index is 0.0478. The van der Waals surface area contributed by atoms with Gasteiger partial charge >= 0.3 is 11.9 Å². The Bertz CT molecular complexity index is 1080. The van der Waals surface area contributed by atoms with Crippen LogP contribution in [0.15, 0.2) is 66.7 Å². The highest BCUT2D eigenvalue weighted by atomic mass is 16.3. The first-order valence-corrected chi connectivity index (χ1v) is 8.43. The first-order valence-electron chi connectivity index (χ1n) is 8.43. The van der Waals surface area contributed by atoms with Crippen molar-refractivity contribution in [1.82, 2.24) is 0 Å². The fourth-order valence-electron chi connectivity index (χ4n) is 3.44. The van der Waals surface area contributed by atoms with E-state index in [1.165, 1.54) is 9.95 Å². The second-order valence-corrected chi connectivity index (χ2v) is 6.11. The molecular weight excluding hydrogens is 312 g/mol. The van der Waals surface area contributed by atoms with Crippen LogP contribution in [-0.2, 0) is 13.1 Å². The minimum Gasteiger partial charge on any atom is -0.459 e. The molecule has 2 N–H and O–H groups in total. The molecule has 4 aromatic rings. The summed E-state index contributed by atoms with van der Waals surface area (Å²) in [6.07, 6.45) is 0. The van der Waals surface area contributed by atoms with Crippen molar-refractivity contribution in [2.75, 3.05) is 0 Å². The molecule has 1 aromatic heterocycles. The Hall–Kier alpha value is -3.14. The van der Waals surface area contributed by atoms with Crippen LogP contribution in [0, 0.1) is 0 Å². The number of benzene rings is 3. The van der Waals surface area contributed by atoms with E-state index in [4.69, 9.17) is 0 Å². The highest BCUT2D eigenvalue weighted by Crippen LogP contribution is 2.23. The minimum atomic E-state index is 0.0478. The number of hydrogen-bond acceptors (Lipinski definition) is 2. The number of aromatic hydroxyl groups is 2. The predicted octanol–water partition coefficient (Wildman–Crippen LogP) is 3.05. The van der Waals surface area contributed by atoms with Crippen molar-refractivity contribution in [3.8, 4) is 11.9 Å². The second kappa shape index (κ2) is 6.06. The van der Waals surface area contributed by atoms with Crippen molar-refractivity contribution in [3.05, 3.63) is 72.3 Å². The van der Waals surface area contributed by atoms with Gasteiger partial charge in [-0.05, 0) is 23.8 Å². The zero-order valence-corrected chi connectivity index (χ0v) is 14.1. The van der Waals surface area contributed by atoms with Gasteiger partial charge in [0.25, 0.3) is 0 Å². The lowest BCUT2D eigenvalue weighted by Crippen LogP contribution is -2.48. The van der Waals surface area contributed by atoms with E-state index in [1.807, 2.05) is 54.0 Å². The second-order valence-electron chi connectivity index (χ2n) is 6.11. The number of para-hydroxylation sites is 1. The number of aromatic nitrogens is 2. The number of rotatable bonds is 3. The van der Waals surface area contributed by atoms with Gasteiger partial charge in [-0.3, -0.25) is 0 Å². The Balaban J connectivity index is 1.98. The molecule has 0 aliphatic rings. The fourth-order valence-corrected chi connectivity index (χ4v) is 3.44. The highest BCUT2D eigenvalue weighted by molar-refractivity contribution is 5.85. The van der Waals surface area contributed by atoms with Gasteiger partial charge in [-0.1, -0.05) is 63.7 Å². The molecule has 0 aliphatic heterocycles. The van der Waals surface area contributed by atoms with E-state index >= 15 is 0 Å².